The molecule has 1 saturated carbocycles. The second kappa shape index (κ2) is 6.21. The van der Waals surface area contributed by atoms with Crippen LogP contribution in [0.15, 0.2) is 18.2 Å². The number of halogens is 2. The van der Waals surface area contributed by atoms with Crippen LogP contribution in [0.5, 0.6) is 5.75 Å². The van der Waals surface area contributed by atoms with Crippen LogP contribution in [-0.4, -0.2) is 22.3 Å². The van der Waals surface area contributed by atoms with E-state index in [-0.39, 0.29) is 0 Å². The Morgan fingerprint density at radius 2 is 1.87 bits per heavy atom. The number of aryl methyl sites for hydroxylation is 1. The van der Waals surface area contributed by atoms with Crippen molar-refractivity contribution in [2.75, 3.05) is 0 Å². The smallest absolute Gasteiger partial charge is 0.279 e. The molecule has 1 aliphatic rings. The summed E-state index contributed by atoms with van der Waals surface area (Å²) < 4.78 is 4.57. The van der Waals surface area contributed by atoms with Gasteiger partial charge in [-0.2, -0.15) is 0 Å². The number of hydrazine groups is 1. The molecule has 2 N–H and O–H groups in total. The lowest BCUT2D eigenvalue weighted by molar-refractivity contribution is -0.134. The third-order valence-electron chi connectivity index (χ3n) is 4.29. The van der Waals surface area contributed by atoms with Crippen LogP contribution in [-0.2, 0) is 9.59 Å². The average molecular weight is 359 g/mol. The van der Waals surface area contributed by atoms with Crippen LogP contribution in [0.25, 0.3) is 0 Å². The Labute approximate surface area is 145 Å². The maximum Gasteiger partial charge on any atom is 0.279 e. The van der Waals surface area contributed by atoms with Crippen molar-refractivity contribution in [3.05, 3.63) is 29.3 Å². The highest BCUT2D eigenvalue weighted by atomic mass is 35.5. The fraction of sp³-hybridized carbons (Fsp3) is 0.500. The molecule has 1 fully saturated rings. The Kier molecular flexibility index (Phi) is 4.83. The van der Waals surface area contributed by atoms with Gasteiger partial charge in [-0.1, -0.05) is 12.1 Å². The second-order valence-electron chi connectivity index (χ2n) is 6.11. The molecule has 0 saturated heterocycles. The van der Waals surface area contributed by atoms with Gasteiger partial charge in [0.05, 0.1) is 5.41 Å². The van der Waals surface area contributed by atoms with Crippen LogP contribution in [0.4, 0.5) is 0 Å². The van der Waals surface area contributed by atoms with E-state index < -0.39 is 27.7 Å². The van der Waals surface area contributed by atoms with E-state index in [4.69, 9.17) is 27.9 Å². The Morgan fingerprint density at radius 1 is 1.26 bits per heavy atom. The standard InChI is InChI=1S/C16H20Cl2N2O3/c1-9-6-5-7-12(10(9)2)23-11(3)13(21)19-20-14(22)15(4)8-16(15,17)18/h5-7,11H,8H2,1-4H3,(H,19,21)(H,20,22). The zero-order chi connectivity index (χ0) is 17.4. The minimum atomic E-state index is -1.08. The first-order chi connectivity index (χ1) is 10.6. The SMILES string of the molecule is Cc1cccc(OC(C)C(=O)NNC(=O)C2(C)CC2(Cl)Cl)c1C. The van der Waals surface area contributed by atoms with Gasteiger partial charge >= 0.3 is 0 Å². The summed E-state index contributed by atoms with van der Waals surface area (Å²) in [5.74, 6) is -0.248. The number of benzene rings is 1. The van der Waals surface area contributed by atoms with Crippen molar-refractivity contribution in [2.24, 2.45) is 5.41 Å². The summed E-state index contributed by atoms with van der Waals surface area (Å²) in [5.41, 5.74) is 5.84. The van der Waals surface area contributed by atoms with Crippen molar-refractivity contribution in [1.29, 1.82) is 0 Å². The largest absolute Gasteiger partial charge is 0.481 e. The van der Waals surface area contributed by atoms with Crippen LogP contribution in [0.3, 0.4) is 0 Å². The molecule has 2 rings (SSSR count). The highest BCUT2D eigenvalue weighted by molar-refractivity contribution is 6.53. The predicted octanol–water partition coefficient (Wildman–Crippen LogP) is 2.80. The third-order valence-corrected chi connectivity index (χ3v) is 5.39. The molecule has 2 unspecified atom stereocenters. The maximum atomic E-state index is 12.0. The van der Waals surface area contributed by atoms with Crippen molar-refractivity contribution in [3.8, 4) is 5.75 Å². The summed E-state index contributed by atoms with van der Waals surface area (Å²) in [7, 11) is 0. The van der Waals surface area contributed by atoms with Gasteiger partial charge < -0.3 is 4.74 Å². The molecule has 0 radical (unpaired) electrons. The lowest BCUT2D eigenvalue weighted by atomic mass is 10.1. The number of carbonyl (C=O) groups is 2. The Hall–Kier alpha value is -1.46. The van der Waals surface area contributed by atoms with Crippen LogP contribution in [0, 0.1) is 19.3 Å². The van der Waals surface area contributed by atoms with Gasteiger partial charge in [-0.15, -0.1) is 23.2 Å². The minimum Gasteiger partial charge on any atom is -0.481 e. The van der Waals surface area contributed by atoms with Crippen molar-refractivity contribution < 1.29 is 14.3 Å². The quantitative estimate of drug-likeness (QED) is 0.642. The molecule has 1 aliphatic carbocycles. The van der Waals surface area contributed by atoms with E-state index in [2.05, 4.69) is 10.9 Å². The Morgan fingerprint density at radius 3 is 2.43 bits per heavy atom. The van der Waals surface area contributed by atoms with E-state index in [1.54, 1.807) is 19.9 Å². The minimum absolute atomic E-state index is 0.347. The molecular weight excluding hydrogens is 339 g/mol. The lowest BCUT2D eigenvalue weighted by Crippen LogP contribution is -2.49. The normalized spacial score (nSPS) is 22.9. The number of amides is 2. The van der Waals surface area contributed by atoms with Crippen LogP contribution < -0.4 is 15.6 Å². The molecule has 2 amide bonds. The predicted molar refractivity (Wildman–Crippen MR) is 89.5 cm³/mol. The topological polar surface area (TPSA) is 67.4 Å². The van der Waals surface area contributed by atoms with Gasteiger partial charge in [0.25, 0.3) is 5.91 Å². The van der Waals surface area contributed by atoms with Gasteiger partial charge in [0.15, 0.2) is 6.10 Å². The van der Waals surface area contributed by atoms with E-state index in [9.17, 15) is 9.59 Å². The van der Waals surface area contributed by atoms with Crippen molar-refractivity contribution in [3.63, 3.8) is 0 Å². The van der Waals surface area contributed by atoms with Crippen LogP contribution in [0.1, 0.15) is 31.4 Å². The van der Waals surface area contributed by atoms with E-state index in [1.807, 2.05) is 26.0 Å². The number of alkyl halides is 2. The van der Waals surface area contributed by atoms with E-state index in [0.29, 0.717) is 12.2 Å². The molecule has 23 heavy (non-hydrogen) atoms. The van der Waals surface area contributed by atoms with E-state index >= 15 is 0 Å². The van der Waals surface area contributed by atoms with Crippen LogP contribution in [0.2, 0.25) is 0 Å². The summed E-state index contributed by atoms with van der Waals surface area (Å²) in [5, 5.41) is 0. The lowest BCUT2D eigenvalue weighted by Gasteiger charge is -2.18. The zero-order valence-electron chi connectivity index (χ0n) is 13.5. The molecule has 0 bridgehead atoms. The summed E-state index contributed by atoms with van der Waals surface area (Å²) in [6.07, 6.45) is -0.418. The molecule has 0 aliphatic heterocycles. The van der Waals surface area contributed by atoms with Gasteiger partial charge in [0.2, 0.25) is 5.91 Å². The number of carbonyl (C=O) groups excluding carboxylic acids is 2. The molecule has 5 nitrogen and oxygen atoms in total. The summed E-state index contributed by atoms with van der Waals surface area (Å²) in [6.45, 7) is 7.14. The first-order valence-corrected chi connectivity index (χ1v) is 8.05. The first-order valence-electron chi connectivity index (χ1n) is 7.29. The summed E-state index contributed by atoms with van der Waals surface area (Å²) >= 11 is 11.9. The van der Waals surface area contributed by atoms with Crippen molar-refractivity contribution >= 4 is 35.0 Å². The number of hydrogen-bond donors (Lipinski definition) is 2. The Balaban J connectivity index is 1.89. The molecule has 7 heteroatoms. The number of nitrogens with one attached hydrogen (secondary N) is 2. The Bertz CT molecular complexity index is 648. The maximum absolute atomic E-state index is 12.0. The number of rotatable bonds is 4. The van der Waals surface area contributed by atoms with Crippen molar-refractivity contribution in [2.45, 2.75) is 44.6 Å². The molecule has 1 aromatic rings. The monoisotopic (exact) mass is 358 g/mol. The molecule has 2 atom stereocenters. The molecular formula is C16H20Cl2N2O3. The third kappa shape index (κ3) is 3.56. The fourth-order valence-electron chi connectivity index (χ4n) is 2.10. The molecule has 126 valence electrons. The summed E-state index contributed by atoms with van der Waals surface area (Å²) in [6, 6.07) is 5.62. The fourth-order valence-corrected chi connectivity index (χ4v) is 2.81. The highest BCUT2D eigenvalue weighted by Gasteiger charge is 2.68. The number of hydrogen-bond acceptors (Lipinski definition) is 3. The van der Waals surface area contributed by atoms with Gasteiger partial charge in [0, 0.05) is 0 Å². The van der Waals surface area contributed by atoms with Gasteiger partial charge in [-0.25, -0.2) is 0 Å². The summed E-state index contributed by atoms with van der Waals surface area (Å²) in [4.78, 5) is 24.0. The second-order valence-corrected chi connectivity index (χ2v) is 7.60. The molecule has 1 aromatic carbocycles. The molecule has 0 aromatic heterocycles. The number of ether oxygens (including phenoxy) is 1. The van der Waals surface area contributed by atoms with Gasteiger partial charge in [-0.05, 0) is 51.3 Å². The molecule has 0 heterocycles. The van der Waals surface area contributed by atoms with Gasteiger partial charge in [0.1, 0.15) is 10.1 Å². The zero-order valence-corrected chi connectivity index (χ0v) is 15.0. The van der Waals surface area contributed by atoms with Crippen LogP contribution >= 0.6 is 23.2 Å². The van der Waals surface area contributed by atoms with E-state index in [0.717, 1.165) is 11.1 Å². The average Bonchev–Trinajstić information content (AvgIpc) is 3.00. The first kappa shape index (κ1) is 17.9. The van der Waals surface area contributed by atoms with E-state index in [1.165, 1.54) is 0 Å². The molecule has 0 spiro atoms. The van der Waals surface area contributed by atoms with Crippen molar-refractivity contribution in [1.82, 2.24) is 10.9 Å². The highest BCUT2D eigenvalue weighted by Crippen LogP contribution is 2.63. The van der Waals surface area contributed by atoms with Gasteiger partial charge in [-0.3, -0.25) is 20.4 Å².